The molecule has 14 nitrogen and oxygen atoms in total. The summed E-state index contributed by atoms with van der Waals surface area (Å²) in [6.45, 7) is 0. The number of fused-ring (bicyclic) bond motifs is 1. The number of nitrogens with zero attached hydrogens (tertiary/aromatic N) is 5. The number of aryl methyl sites for hydroxylation is 1. The van der Waals surface area contributed by atoms with Crippen LogP contribution in [0, 0.1) is 0 Å². The number of hydrogen-bond acceptors (Lipinski definition) is 12. The van der Waals surface area contributed by atoms with Gasteiger partial charge in [0.1, 0.15) is 28.9 Å². The van der Waals surface area contributed by atoms with Gasteiger partial charge in [-0.1, -0.05) is 17.8 Å². The topological polar surface area (TPSA) is 211 Å². The molecule has 2 aliphatic rings. The number of benzene rings is 1. The lowest BCUT2D eigenvalue weighted by molar-refractivity contribution is -0.150. The van der Waals surface area contributed by atoms with E-state index in [1.807, 2.05) is 0 Å². The number of aliphatic carboxylic acids is 1. The standard InChI is InChI=1S/C20H23N7O7S3/c1-26-20(23-24-25-26)36-7-11-6-35-18-14(17(30)27(18)15(11)19(31)32)22-16(29)13(21)9-3-4-12(28)10(5-9)8-37(2,33)34/h3-5,13-14,18,28H,6-8,21H2,1-2H3,(H,22,29)(H,31,32). The number of aromatic nitrogens is 4. The number of carboxylic acids is 1. The fourth-order valence-electron chi connectivity index (χ4n) is 3.88. The highest BCUT2D eigenvalue weighted by atomic mass is 32.2. The van der Waals surface area contributed by atoms with E-state index in [1.54, 1.807) is 7.05 Å². The molecular weight excluding hydrogens is 546 g/mol. The van der Waals surface area contributed by atoms with Crippen LogP contribution in [0.15, 0.2) is 34.6 Å². The van der Waals surface area contributed by atoms with Crippen molar-refractivity contribution in [1.82, 2.24) is 30.4 Å². The van der Waals surface area contributed by atoms with E-state index >= 15 is 0 Å². The number of amides is 2. The van der Waals surface area contributed by atoms with Crippen LogP contribution in [0.25, 0.3) is 0 Å². The zero-order chi connectivity index (χ0) is 27.1. The summed E-state index contributed by atoms with van der Waals surface area (Å²) in [6, 6.07) is 1.72. The lowest BCUT2D eigenvalue weighted by atomic mass is 10.0. The van der Waals surface area contributed by atoms with E-state index in [-0.39, 0.29) is 28.3 Å². The summed E-state index contributed by atoms with van der Waals surface area (Å²) in [4.78, 5) is 38.9. The van der Waals surface area contributed by atoms with Gasteiger partial charge in [-0.3, -0.25) is 14.5 Å². The smallest absolute Gasteiger partial charge is 0.352 e. The largest absolute Gasteiger partial charge is 0.508 e. The molecule has 3 atom stereocenters. The van der Waals surface area contributed by atoms with Crippen LogP contribution >= 0.6 is 23.5 Å². The molecule has 0 saturated carbocycles. The zero-order valence-electron chi connectivity index (χ0n) is 19.6. The Morgan fingerprint density at radius 3 is 2.73 bits per heavy atom. The number of carboxylic acid groups (broad SMARTS) is 1. The Hall–Kier alpha value is -3.15. The Bertz CT molecular complexity index is 1410. The third-order valence-electron chi connectivity index (χ3n) is 5.67. The molecule has 1 saturated heterocycles. The van der Waals surface area contributed by atoms with Crippen molar-refractivity contribution in [2.24, 2.45) is 12.8 Å². The minimum atomic E-state index is -3.45. The minimum Gasteiger partial charge on any atom is -0.508 e. The molecule has 17 heteroatoms. The maximum absolute atomic E-state index is 12.9. The van der Waals surface area contributed by atoms with Gasteiger partial charge in [-0.25, -0.2) is 17.9 Å². The van der Waals surface area contributed by atoms with E-state index in [2.05, 4.69) is 20.8 Å². The van der Waals surface area contributed by atoms with E-state index < -0.39 is 50.8 Å². The predicted octanol–water partition coefficient (Wildman–Crippen LogP) is -1.01. The molecule has 4 rings (SSSR count). The number of β-lactam (4-membered cyclic amide) rings is 1. The number of nitrogens with two attached hydrogens (primary N) is 1. The number of carbonyl (C=O) groups excluding carboxylic acids is 2. The second-order valence-electron chi connectivity index (χ2n) is 8.46. The van der Waals surface area contributed by atoms with Crippen LogP contribution in [0.1, 0.15) is 17.2 Å². The minimum absolute atomic E-state index is 0.0933. The molecule has 1 aromatic carbocycles. The number of sulfone groups is 1. The molecule has 37 heavy (non-hydrogen) atoms. The maximum Gasteiger partial charge on any atom is 0.352 e. The van der Waals surface area contributed by atoms with Crippen molar-refractivity contribution in [3.05, 3.63) is 40.6 Å². The van der Waals surface area contributed by atoms with E-state index in [0.717, 1.165) is 11.2 Å². The molecule has 0 spiro atoms. The number of rotatable bonds is 9. The van der Waals surface area contributed by atoms with Crippen LogP contribution in [-0.4, -0.2) is 90.7 Å². The SMILES string of the molecule is Cn1nnnc1SCC1=C(C(=O)O)N2C(=O)C(NC(=O)C(N)c3ccc(O)c(CS(C)(=O)=O)c3)C2SC1. The maximum atomic E-state index is 12.9. The normalized spacial score (nSPS) is 20.3. The first-order valence-corrected chi connectivity index (χ1v) is 14.8. The summed E-state index contributed by atoms with van der Waals surface area (Å²) in [5, 5.41) is 33.3. The van der Waals surface area contributed by atoms with E-state index in [9.17, 15) is 33.0 Å². The Kier molecular flexibility index (Phi) is 7.50. The van der Waals surface area contributed by atoms with Gasteiger partial charge in [0.05, 0.1) is 5.75 Å². The summed E-state index contributed by atoms with van der Waals surface area (Å²) in [5.74, 6) is -2.64. The molecule has 1 fully saturated rings. The van der Waals surface area contributed by atoms with Gasteiger partial charge in [0, 0.05) is 30.4 Å². The Balaban J connectivity index is 1.46. The van der Waals surface area contributed by atoms with Crippen LogP contribution in [0.4, 0.5) is 0 Å². The molecule has 3 heterocycles. The van der Waals surface area contributed by atoms with Gasteiger partial charge in [0.2, 0.25) is 11.1 Å². The summed E-state index contributed by atoms with van der Waals surface area (Å²) < 4.78 is 24.7. The molecule has 0 bridgehead atoms. The van der Waals surface area contributed by atoms with Gasteiger partial charge in [-0.15, -0.1) is 16.9 Å². The van der Waals surface area contributed by atoms with Gasteiger partial charge >= 0.3 is 5.97 Å². The first-order valence-electron chi connectivity index (χ1n) is 10.7. The number of thioether (sulfide) groups is 2. The van der Waals surface area contributed by atoms with Gasteiger partial charge in [0.25, 0.3) is 5.91 Å². The van der Waals surface area contributed by atoms with E-state index in [0.29, 0.717) is 16.5 Å². The molecule has 198 valence electrons. The van der Waals surface area contributed by atoms with Crippen molar-refractivity contribution in [2.45, 2.75) is 28.4 Å². The molecule has 0 radical (unpaired) electrons. The van der Waals surface area contributed by atoms with Crippen molar-refractivity contribution in [2.75, 3.05) is 17.8 Å². The first-order chi connectivity index (χ1) is 17.4. The number of phenolic OH excluding ortho intramolecular Hbond substituents is 1. The Labute approximate surface area is 219 Å². The van der Waals surface area contributed by atoms with Crippen molar-refractivity contribution in [1.29, 1.82) is 0 Å². The molecule has 0 aliphatic carbocycles. The van der Waals surface area contributed by atoms with Gasteiger partial charge < -0.3 is 21.3 Å². The van der Waals surface area contributed by atoms with Gasteiger partial charge in [-0.05, 0) is 33.7 Å². The lowest BCUT2D eigenvalue weighted by Crippen LogP contribution is -2.71. The van der Waals surface area contributed by atoms with Crippen LogP contribution in [0.5, 0.6) is 5.75 Å². The highest BCUT2D eigenvalue weighted by molar-refractivity contribution is 8.01. The first kappa shape index (κ1) is 26.9. The number of hydrogen-bond donors (Lipinski definition) is 4. The molecule has 1 aromatic heterocycles. The average molecular weight is 570 g/mol. The van der Waals surface area contributed by atoms with Crippen molar-refractivity contribution < 1.29 is 33.0 Å². The lowest BCUT2D eigenvalue weighted by Gasteiger charge is -2.49. The van der Waals surface area contributed by atoms with Crippen LogP contribution in [-0.2, 0) is 37.0 Å². The quantitative estimate of drug-likeness (QED) is 0.211. The molecular formula is C20H23N7O7S3. The highest BCUT2D eigenvalue weighted by Crippen LogP contribution is 2.41. The molecule has 3 unspecified atom stereocenters. The van der Waals surface area contributed by atoms with Crippen LogP contribution in [0.3, 0.4) is 0 Å². The number of nitrogens with one attached hydrogen (secondary N) is 1. The second-order valence-corrected chi connectivity index (χ2v) is 12.7. The molecule has 5 N–H and O–H groups in total. The fraction of sp³-hybridized carbons (Fsp3) is 0.400. The Morgan fingerprint density at radius 2 is 2.11 bits per heavy atom. The highest BCUT2D eigenvalue weighted by Gasteiger charge is 2.54. The fourth-order valence-corrected chi connectivity index (χ4v) is 7.01. The molecule has 2 amide bonds. The molecule has 2 aromatic rings. The number of phenols is 1. The second kappa shape index (κ2) is 10.3. The van der Waals surface area contributed by atoms with Crippen LogP contribution in [0.2, 0.25) is 0 Å². The summed E-state index contributed by atoms with van der Waals surface area (Å²) in [5.41, 5.74) is 6.80. The third kappa shape index (κ3) is 5.58. The van der Waals surface area contributed by atoms with Crippen LogP contribution < -0.4 is 11.1 Å². The predicted molar refractivity (Wildman–Crippen MR) is 133 cm³/mol. The number of carbonyl (C=O) groups is 3. The zero-order valence-corrected chi connectivity index (χ0v) is 22.0. The third-order valence-corrected chi connectivity index (χ3v) is 8.94. The summed E-state index contributed by atoms with van der Waals surface area (Å²) in [7, 11) is -1.80. The monoisotopic (exact) mass is 569 g/mol. The van der Waals surface area contributed by atoms with Gasteiger partial charge in [-0.2, -0.15) is 0 Å². The Morgan fingerprint density at radius 1 is 1.38 bits per heavy atom. The van der Waals surface area contributed by atoms with Crippen molar-refractivity contribution >= 4 is 51.1 Å². The number of tetrazole rings is 1. The van der Waals surface area contributed by atoms with E-state index in [1.165, 1.54) is 46.4 Å². The van der Waals surface area contributed by atoms with E-state index in [4.69, 9.17) is 5.73 Å². The summed E-state index contributed by atoms with van der Waals surface area (Å²) >= 11 is 2.55. The van der Waals surface area contributed by atoms with Gasteiger partial charge in [0.15, 0.2) is 9.84 Å². The number of aromatic hydroxyl groups is 1. The molecule has 2 aliphatic heterocycles. The average Bonchev–Trinajstić information content (AvgIpc) is 3.24. The summed E-state index contributed by atoms with van der Waals surface area (Å²) in [6.07, 6.45) is 1.01. The van der Waals surface area contributed by atoms with Crippen molar-refractivity contribution in [3.8, 4) is 5.75 Å². The van der Waals surface area contributed by atoms with Crippen molar-refractivity contribution in [3.63, 3.8) is 0 Å².